The van der Waals surface area contributed by atoms with E-state index in [0.29, 0.717) is 5.41 Å². The van der Waals surface area contributed by atoms with Crippen LogP contribution in [0.1, 0.15) is 67.2 Å². The van der Waals surface area contributed by atoms with Crippen LogP contribution in [0.15, 0.2) is 24.3 Å². The Kier molecular flexibility index (Phi) is 11.3. The summed E-state index contributed by atoms with van der Waals surface area (Å²) >= 11 is 0. The first kappa shape index (κ1) is 16.9. The zero-order chi connectivity index (χ0) is 12.3. The molecule has 0 rings (SSSR count). The van der Waals surface area contributed by atoms with Crippen molar-refractivity contribution in [3.63, 3.8) is 0 Å². The lowest BCUT2D eigenvalue weighted by Gasteiger charge is -2.27. The summed E-state index contributed by atoms with van der Waals surface area (Å²) in [5.41, 5.74) is 1.88. The van der Waals surface area contributed by atoms with Gasteiger partial charge in [0.05, 0.1) is 0 Å². The van der Waals surface area contributed by atoms with Crippen LogP contribution in [0.4, 0.5) is 0 Å². The van der Waals surface area contributed by atoms with Gasteiger partial charge in [0.15, 0.2) is 0 Å². The molecule has 0 amide bonds. The molecule has 0 aliphatic heterocycles. The number of unbranched alkanes of at least 4 members (excludes halogenated alkanes) is 1. The summed E-state index contributed by atoms with van der Waals surface area (Å²) in [5, 5.41) is 0. The van der Waals surface area contributed by atoms with Crippen LogP contribution in [-0.4, -0.2) is 0 Å². The molecular weight excluding hydrogens is 180 g/mol. The Morgan fingerprint density at radius 2 is 1.73 bits per heavy atom. The molecule has 0 spiro atoms. The van der Waals surface area contributed by atoms with E-state index < -0.39 is 0 Å². The molecule has 0 unspecified atom stereocenters. The Hall–Kier alpha value is -0.520. The van der Waals surface area contributed by atoms with E-state index in [1.54, 1.807) is 0 Å². The Morgan fingerprint density at radius 3 is 2.07 bits per heavy atom. The van der Waals surface area contributed by atoms with Crippen LogP contribution >= 0.6 is 0 Å². The van der Waals surface area contributed by atoms with Crippen molar-refractivity contribution in [2.45, 2.75) is 67.2 Å². The summed E-state index contributed by atoms with van der Waals surface area (Å²) in [6, 6.07) is 0. The molecule has 0 saturated carbocycles. The summed E-state index contributed by atoms with van der Waals surface area (Å²) in [6.07, 6.45) is 9.12. The highest BCUT2D eigenvalue weighted by Crippen LogP contribution is 2.33. The number of hydrogen-bond donors (Lipinski definition) is 0. The van der Waals surface area contributed by atoms with E-state index in [2.05, 4.69) is 40.3 Å². The van der Waals surface area contributed by atoms with Crippen molar-refractivity contribution in [2.24, 2.45) is 5.41 Å². The first-order valence-corrected chi connectivity index (χ1v) is 6.40. The van der Waals surface area contributed by atoms with E-state index >= 15 is 0 Å². The van der Waals surface area contributed by atoms with Gasteiger partial charge in [0.1, 0.15) is 0 Å². The fourth-order valence-electron chi connectivity index (χ4n) is 1.74. The van der Waals surface area contributed by atoms with E-state index in [0.717, 1.165) is 6.42 Å². The monoisotopic (exact) mass is 210 g/mol. The zero-order valence-electron chi connectivity index (χ0n) is 11.7. The van der Waals surface area contributed by atoms with E-state index in [4.69, 9.17) is 0 Å². The van der Waals surface area contributed by atoms with Crippen molar-refractivity contribution < 1.29 is 0 Å². The average Bonchev–Trinajstić information content (AvgIpc) is 2.25. The predicted octanol–water partition coefficient (Wildman–Crippen LogP) is 5.75. The van der Waals surface area contributed by atoms with Crippen molar-refractivity contribution in [3.05, 3.63) is 24.3 Å². The molecular formula is C15H30. The van der Waals surface area contributed by atoms with E-state index in [1.807, 2.05) is 19.9 Å². The lowest BCUT2D eigenvalue weighted by atomic mass is 9.78. The molecule has 0 bridgehead atoms. The number of allylic oxidation sites excluding steroid dienone is 3. The predicted molar refractivity (Wildman–Crippen MR) is 73.2 cm³/mol. The highest BCUT2D eigenvalue weighted by molar-refractivity contribution is 5.17. The summed E-state index contributed by atoms with van der Waals surface area (Å²) in [5.74, 6) is 0. The molecule has 0 N–H and O–H groups in total. The minimum Gasteiger partial charge on any atom is -0.0991 e. The van der Waals surface area contributed by atoms with Crippen LogP contribution in [0, 0.1) is 5.41 Å². The second kappa shape index (κ2) is 10.0. The number of rotatable bonds is 6. The van der Waals surface area contributed by atoms with Crippen molar-refractivity contribution in [2.75, 3.05) is 0 Å². The van der Waals surface area contributed by atoms with Crippen LogP contribution in [-0.2, 0) is 0 Å². The lowest BCUT2D eigenvalue weighted by Crippen LogP contribution is -2.14. The van der Waals surface area contributed by atoms with Gasteiger partial charge in [0.2, 0.25) is 0 Å². The van der Waals surface area contributed by atoms with Crippen LogP contribution in [0.3, 0.4) is 0 Å². The molecule has 0 atom stereocenters. The molecule has 0 aliphatic carbocycles. The summed E-state index contributed by atoms with van der Waals surface area (Å²) in [4.78, 5) is 0. The molecule has 0 heteroatoms. The van der Waals surface area contributed by atoms with Crippen LogP contribution in [0.2, 0.25) is 0 Å². The smallest absolute Gasteiger partial charge is 0.0142 e. The number of hydrogen-bond acceptors (Lipinski definition) is 0. The largest absolute Gasteiger partial charge is 0.0991 e. The normalized spacial score (nSPS) is 11.7. The van der Waals surface area contributed by atoms with Crippen LogP contribution in [0.5, 0.6) is 0 Å². The van der Waals surface area contributed by atoms with Gasteiger partial charge >= 0.3 is 0 Å². The highest BCUT2D eigenvalue weighted by Gasteiger charge is 2.20. The molecule has 0 aromatic carbocycles. The third-order valence-electron chi connectivity index (χ3n) is 2.72. The van der Waals surface area contributed by atoms with E-state index in [1.165, 1.54) is 24.8 Å². The highest BCUT2D eigenvalue weighted by atomic mass is 14.2. The molecule has 90 valence electrons. The summed E-state index contributed by atoms with van der Waals surface area (Å²) < 4.78 is 0. The first-order chi connectivity index (χ1) is 7.08. The van der Waals surface area contributed by atoms with Crippen molar-refractivity contribution in [1.29, 1.82) is 0 Å². The third kappa shape index (κ3) is 7.41. The fraction of sp³-hybridized carbons (Fsp3) is 0.733. The zero-order valence-corrected chi connectivity index (χ0v) is 11.7. The second-order valence-electron chi connectivity index (χ2n) is 4.27. The van der Waals surface area contributed by atoms with E-state index in [-0.39, 0.29) is 0 Å². The van der Waals surface area contributed by atoms with Gasteiger partial charge < -0.3 is 0 Å². The van der Waals surface area contributed by atoms with Crippen LogP contribution < -0.4 is 0 Å². The minimum atomic E-state index is 0.360. The Bertz CT molecular complexity index is 172. The average molecular weight is 210 g/mol. The van der Waals surface area contributed by atoms with Gasteiger partial charge in [-0.2, -0.15) is 0 Å². The van der Waals surface area contributed by atoms with Gasteiger partial charge in [-0.05, 0) is 18.3 Å². The SMILES string of the molecule is C=C/C=C(\CC)C(C)(C)CCCC.CC. The quantitative estimate of drug-likeness (QED) is 0.489. The molecule has 0 saturated heterocycles. The molecule has 15 heavy (non-hydrogen) atoms. The van der Waals surface area contributed by atoms with Gasteiger partial charge in [-0.15, -0.1) is 0 Å². The topological polar surface area (TPSA) is 0 Å². The van der Waals surface area contributed by atoms with E-state index in [9.17, 15) is 0 Å². The molecule has 0 aliphatic rings. The summed E-state index contributed by atoms with van der Waals surface area (Å²) in [6.45, 7) is 16.9. The summed E-state index contributed by atoms with van der Waals surface area (Å²) in [7, 11) is 0. The van der Waals surface area contributed by atoms with Crippen LogP contribution in [0.25, 0.3) is 0 Å². The maximum atomic E-state index is 3.77. The minimum absolute atomic E-state index is 0.360. The molecule has 0 fully saturated rings. The molecule has 0 radical (unpaired) electrons. The van der Waals surface area contributed by atoms with Gasteiger partial charge in [-0.25, -0.2) is 0 Å². The molecule has 0 aromatic rings. The standard InChI is InChI=1S/C13H24.C2H6/c1-6-9-11-13(4,5)12(8-3)10-7-2;1-2/h7,10H,2,6,8-9,11H2,1,3-5H3;1-2H3/b12-10+;. The molecule has 0 heterocycles. The van der Waals surface area contributed by atoms with Gasteiger partial charge in [-0.1, -0.05) is 78.7 Å². The maximum absolute atomic E-state index is 3.77. The van der Waals surface area contributed by atoms with Crippen molar-refractivity contribution in [3.8, 4) is 0 Å². The van der Waals surface area contributed by atoms with Gasteiger partial charge in [0, 0.05) is 0 Å². The maximum Gasteiger partial charge on any atom is -0.0142 e. The Balaban J connectivity index is 0. The van der Waals surface area contributed by atoms with Crippen molar-refractivity contribution in [1.82, 2.24) is 0 Å². The Labute approximate surface area is 97.5 Å². The fourth-order valence-corrected chi connectivity index (χ4v) is 1.74. The lowest BCUT2D eigenvalue weighted by molar-refractivity contribution is 0.382. The third-order valence-corrected chi connectivity index (χ3v) is 2.72. The van der Waals surface area contributed by atoms with Crippen molar-refractivity contribution >= 4 is 0 Å². The Morgan fingerprint density at radius 1 is 1.20 bits per heavy atom. The molecule has 0 nitrogen and oxygen atoms in total. The molecule has 0 aromatic heterocycles. The second-order valence-corrected chi connectivity index (χ2v) is 4.27. The van der Waals surface area contributed by atoms with Gasteiger partial charge in [0.25, 0.3) is 0 Å². The first-order valence-electron chi connectivity index (χ1n) is 6.40. The van der Waals surface area contributed by atoms with Gasteiger partial charge in [-0.3, -0.25) is 0 Å².